The van der Waals surface area contributed by atoms with Gasteiger partial charge in [-0.05, 0) is 24.2 Å². The Morgan fingerprint density at radius 3 is 2.16 bits per heavy atom. The lowest BCUT2D eigenvalue weighted by molar-refractivity contribution is -0.123. The van der Waals surface area contributed by atoms with Gasteiger partial charge < -0.3 is 10.1 Å². The zero-order valence-electron chi connectivity index (χ0n) is 12.7. The zero-order chi connectivity index (χ0) is 15.0. The number of ether oxygens (including phenoxy) is 1. The van der Waals surface area contributed by atoms with Gasteiger partial charge >= 0.3 is 6.09 Å². The van der Waals surface area contributed by atoms with Gasteiger partial charge in [0, 0.05) is 6.42 Å². The van der Waals surface area contributed by atoms with Crippen LogP contribution in [0.2, 0.25) is 0 Å². The second-order valence-corrected chi connectivity index (χ2v) is 5.56. The summed E-state index contributed by atoms with van der Waals surface area (Å²) in [6, 6.07) is -0.487. The SMILES string of the molecule is C=CC[C@H](CC(=O)[C@@H](NC(=O)OC)C(C)C)C(C)C. The second-order valence-electron chi connectivity index (χ2n) is 5.56. The number of alkyl carbamates (subject to hydrolysis) is 1. The summed E-state index contributed by atoms with van der Waals surface area (Å²) in [6.07, 6.45) is 2.55. The van der Waals surface area contributed by atoms with Crippen molar-refractivity contribution in [1.82, 2.24) is 5.32 Å². The highest BCUT2D eigenvalue weighted by atomic mass is 16.5. The van der Waals surface area contributed by atoms with E-state index in [0.29, 0.717) is 12.3 Å². The van der Waals surface area contributed by atoms with Gasteiger partial charge in [-0.2, -0.15) is 0 Å². The molecule has 4 nitrogen and oxygen atoms in total. The van der Waals surface area contributed by atoms with E-state index in [1.807, 2.05) is 19.9 Å². The van der Waals surface area contributed by atoms with Gasteiger partial charge in [0.05, 0.1) is 13.2 Å². The van der Waals surface area contributed by atoms with Crippen LogP contribution in [0.4, 0.5) is 4.79 Å². The Bertz CT molecular complexity index is 311. The quantitative estimate of drug-likeness (QED) is 0.689. The van der Waals surface area contributed by atoms with E-state index in [2.05, 4.69) is 30.5 Å². The van der Waals surface area contributed by atoms with Gasteiger partial charge in [0.1, 0.15) is 0 Å². The highest BCUT2D eigenvalue weighted by Gasteiger charge is 2.27. The number of hydrogen-bond donors (Lipinski definition) is 1. The monoisotopic (exact) mass is 269 g/mol. The summed E-state index contributed by atoms with van der Waals surface area (Å²) in [7, 11) is 1.30. The first-order chi connectivity index (χ1) is 8.83. The number of allylic oxidation sites excluding steroid dienone is 1. The first-order valence-electron chi connectivity index (χ1n) is 6.81. The van der Waals surface area contributed by atoms with Crippen molar-refractivity contribution in [2.24, 2.45) is 17.8 Å². The minimum Gasteiger partial charge on any atom is -0.453 e. The number of methoxy groups -OCH3 is 1. The van der Waals surface area contributed by atoms with Crippen LogP contribution in [0.5, 0.6) is 0 Å². The Morgan fingerprint density at radius 1 is 1.21 bits per heavy atom. The van der Waals surface area contributed by atoms with E-state index in [1.54, 1.807) is 0 Å². The van der Waals surface area contributed by atoms with Crippen molar-refractivity contribution in [2.45, 2.75) is 46.6 Å². The molecule has 110 valence electrons. The Balaban J connectivity index is 4.70. The fourth-order valence-corrected chi connectivity index (χ4v) is 2.00. The maximum atomic E-state index is 12.3. The van der Waals surface area contributed by atoms with E-state index in [1.165, 1.54) is 7.11 Å². The molecule has 0 saturated heterocycles. The Labute approximate surface area is 116 Å². The number of carbonyl (C=O) groups is 2. The van der Waals surface area contributed by atoms with E-state index in [-0.39, 0.29) is 17.6 Å². The minimum atomic E-state index is -0.558. The van der Waals surface area contributed by atoms with Gasteiger partial charge in [-0.25, -0.2) is 4.79 Å². The molecule has 0 aliphatic rings. The van der Waals surface area contributed by atoms with Crippen molar-refractivity contribution in [3.8, 4) is 0 Å². The van der Waals surface area contributed by atoms with Crippen molar-refractivity contribution in [3.05, 3.63) is 12.7 Å². The molecule has 0 aromatic heterocycles. The number of hydrogen-bond acceptors (Lipinski definition) is 3. The number of nitrogens with one attached hydrogen (secondary N) is 1. The van der Waals surface area contributed by atoms with Crippen LogP contribution in [0.15, 0.2) is 12.7 Å². The molecule has 0 aliphatic heterocycles. The van der Waals surface area contributed by atoms with Crippen LogP contribution in [0.25, 0.3) is 0 Å². The number of amides is 1. The van der Waals surface area contributed by atoms with Crippen molar-refractivity contribution in [2.75, 3.05) is 7.11 Å². The molecule has 1 N–H and O–H groups in total. The molecule has 2 atom stereocenters. The molecule has 0 spiro atoms. The molecule has 19 heavy (non-hydrogen) atoms. The number of ketones is 1. The van der Waals surface area contributed by atoms with Crippen molar-refractivity contribution >= 4 is 11.9 Å². The molecule has 0 bridgehead atoms. The van der Waals surface area contributed by atoms with Crippen molar-refractivity contribution in [3.63, 3.8) is 0 Å². The maximum absolute atomic E-state index is 12.3. The van der Waals surface area contributed by atoms with Gasteiger partial charge in [-0.1, -0.05) is 33.8 Å². The van der Waals surface area contributed by atoms with E-state index >= 15 is 0 Å². The summed E-state index contributed by atoms with van der Waals surface area (Å²) in [4.78, 5) is 23.6. The van der Waals surface area contributed by atoms with E-state index in [0.717, 1.165) is 6.42 Å². The van der Waals surface area contributed by atoms with Gasteiger partial charge in [-0.3, -0.25) is 4.79 Å². The number of Topliss-reactive ketones (excluding diaryl/α,β-unsaturated/α-hetero) is 1. The molecule has 0 aliphatic carbocycles. The standard InChI is InChI=1S/C15H27NO3/c1-7-8-12(10(2)3)9-13(17)14(11(4)5)16-15(18)19-6/h7,10-12,14H,1,8-9H2,2-6H3,(H,16,18)/t12-,14+/m1/s1. The second kappa shape index (κ2) is 8.73. The Hall–Kier alpha value is -1.32. The minimum absolute atomic E-state index is 0.0446. The highest BCUT2D eigenvalue weighted by molar-refractivity contribution is 5.87. The predicted molar refractivity (Wildman–Crippen MR) is 76.9 cm³/mol. The molecule has 0 saturated carbocycles. The van der Waals surface area contributed by atoms with Crippen LogP contribution in [-0.4, -0.2) is 25.0 Å². The molecular formula is C15H27NO3. The molecular weight excluding hydrogens is 242 g/mol. The lowest BCUT2D eigenvalue weighted by Gasteiger charge is -2.24. The average molecular weight is 269 g/mol. The molecule has 1 amide bonds. The van der Waals surface area contributed by atoms with Gasteiger partial charge in [0.15, 0.2) is 5.78 Å². The molecule has 0 aromatic carbocycles. The fraction of sp³-hybridized carbons (Fsp3) is 0.733. The maximum Gasteiger partial charge on any atom is 0.407 e. The van der Waals surface area contributed by atoms with E-state index in [9.17, 15) is 9.59 Å². The third-order valence-corrected chi connectivity index (χ3v) is 3.35. The fourth-order valence-electron chi connectivity index (χ4n) is 2.00. The average Bonchev–Trinajstić information content (AvgIpc) is 2.34. The van der Waals surface area contributed by atoms with Gasteiger partial charge in [-0.15, -0.1) is 6.58 Å². The molecule has 0 heterocycles. The van der Waals surface area contributed by atoms with Gasteiger partial charge in [0.2, 0.25) is 0 Å². The van der Waals surface area contributed by atoms with E-state index < -0.39 is 12.1 Å². The summed E-state index contributed by atoms with van der Waals surface area (Å²) in [5, 5.41) is 2.62. The van der Waals surface area contributed by atoms with Crippen molar-refractivity contribution in [1.29, 1.82) is 0 Å². The topological polar surface area (TPSA) is 55.4 Å². The Morgan fingerprint density at radius 2 is 1.79 bits per heavy atom. The molecule has 0 aromatic rings. The highest BCUT2D eigenvalue weighted by Crippen LogP contribution is 2.22. The zero-order valence-corrected chi connectivity index (χ0v) is 12.7. The third kappa shape index (κ3) is 6.41. The molecule has 0 radical (unpaired) electrons. The predicted octanol–water partition coefficient (Wildman–Crippen LogP) is 3.17. The lowest BCUT2D eigenvalue weighted by Crippen LogP contribution is -2.45. The van der Waals surface area contributed by atoms with E-state index in [4.69, 9.17) is 0 Å². The molecule has 0 fully saturated rings. The van der Waals surface area contributed by atoms with Gasteiger partial charge in [0.25, 0.3) is 0 Å². The van der Waals surface area contributed by atoms with Crippen LogP contribution in [0.3, 0.4) is 0 Å². The first-order valence-corrected chi connectivity index (χ1v) is 6.81. The normalized spacial score (nSPS) is 14.1. The van der Waals surface area contributed by atoms with Crippen LogP contribution in [0, 0.1) is 17.8 Å². The molecule has 0 rings (SSSR count). The smallest absolute Gasteiger partial charge is 0.407 e. The third-order valence-electron chi connectivity index (χ3n) is 3.35. The summed E-state index contributed by atoms with van der Waals surface area (Å²) in [6.45, 7) is 11.8. The summed E-state index contributed by atoms with van der Waals surface area (Å²) in [5.74, 6) is 0.780. The molecule has 0 unspecified atom stereocenters. The first kappa shape index (κ1) is 17.7. The van der Waals surface area contributed by atoms with Crippen LogP contribution >= 0.6 is 0 Å². The molecule has 4 heteroatoms. The number of rotatable bonds is 8. The lowest BCUT2D eigenvalue weighted by atomic mass is 9.84. The van der Waals surface area contributed by atoms with Crippen LogP contribution in [0.1, 0.15) is 40.5 Å². The summed E-state index contributed by atoms with van der Waals surface area (Å²) < 4.78 is 4.56. The largest absolute Gasteiger partial charge is 0.453 e. The summed E-state index contributed by atoms with van der Waals surface area (Å²) in [5.41, 5.74) is 0. The summed E-state index contributed by atoms with van der Waals surface area (Å²) >= 11 is 0. The van der Waals surface area contributed by atoms with Crippen LogP contribution < -0.4 is 5.32 Å². The van der Waals surface area contributed by atoms with Crippen LogP contribution in [-0.2, 0) is 9.53 Å². The van der Waals surface area contributed by atoms with Crippen molar-refractivity contribution < 1.29 is 14.3 Å². The Kier molecular flexibility index (Phi) is 8.12. The number of carbonyl (C=O) groups excluding carboxylic acids is 2.